The van der Waals surface area contributed by atoms with Gasteiger partial charge < -0.3 is 15.4 Å². The summed E-state index contributed by atoms with van der Waals surface area (Å²) in [7, 11) is 1.61. The minimum atomic E-state index is 0.372. The molecule has 84 valence electrons. The molecule has 4 nitrogen and oxygen atoms in total. The normalized spacial score (nSPS) is 10.5. The number of pyridine rings is 1. The van der Waals surface area contributed by atoms with Crippen molar-refractivity contribution >= 4 is 11.5 Å². The second-order valence-corrected chi connectivity index (χ2v) is 3.65. The maximum atomic E-state index is 5.90. The van der Waals surface area contributed by atoms with Crippen LogP contribution in [0.5, 0.6) is 5.88 Å². The van der Waals surface area contributed by atoms with E-state index in [1.807, 2.05) is 6.07 Å². The van der Waals surface area contributed by atoms with Gasteiger partial charge in [0.1, 0.15) is 0 Å². The van der Waals surface area contributed by atoms with Crippen LogP contribution in [0, 0.1) is 0 Å². The topological polar surface area (TPSA) is 51.4 Å². The second-order valence-electron chi connectivity index (χ2n) is 3.65. The van der Waals surface area contributed by atoms with Crippen molar-refractivity contribution in [2.24, 2.45) is 0 Å². The van der Waals surface area contributed by atoms with Gasteiger partial charge in [0, 0.05) is 18.7 Å². The molecule has 0 fully saturated rings. The molecule has 0 radical (unpaired) electrons. The molecule has 2 N–H and O–H groups in total. The average Bonchev–Trinajstić information content (AvgIpc) is 2.21. The Bertz CT molecular complexity index is 326. The first kappa shape index (κ1) is 11.6. The van der Waals surface area contributed by atoms with Crippen molar-refractivity contribution in [3.05, 3.63) is 12.1 Å². The Morgan fingerprint density at radius 2 is 2.13 bits per heavy atom. The SMILES string of the molecule is CCN(c1nc(OC)ccc1N)C(C)C. The number of rotatable bonds is 4. The van der Waals surface area contributed by atoms with Crippen LogP contribution in [0.25, 0.3) is 0 Å². The lowest BCUT2D eigenvalue weighted by molar-refractivity contribution is 0.397. The van der Waals surface area contributed by atoms with E-state index in [0.29, 0.717) is 17.6 Å². The van der Waals surface area contributed by atoms with Gasteiger partial charge in [-0.25, -0.2) is 0 Å². The van der Waals surface area contributed by atoms with Crippen LogP contribution in [0.15, 0.2) is 12.1 Å². The molecule has 0 saturated heterocycles. The fourth-order valence-electron chi connectivity index (χ4n) is 1.55. The van der Waals surface area contributed by atoms with Crippen LogP contribution in [-0.2, 0) is 0 Å². The highest BCUT2D eigenvalue weighted by molar-refractivity contribution is 5.63. The molecule has 0 aliphatic heterocycles. The van der Waals surface area contributed by atoms with Crippen molar-refractivity contribution in [2.75, 3.05) is 24.3 Å². The summed E-state index contributed by atoms with van der Waals surface area (Å²) in [4.78, 5) is 6.50. The lowest BCUT2D eigenvalue weighted by Gasteiger charge is -2.27. The number of nitrogens with two attached hydrogens (primary N) is 1. The third-order valence-electron chi connectivity index (χ3n) is 2.32. The van der Waals surface area contributed by atoms with E-state index in [-0.39, 0.29) is 0 Å². The summed E-state index contributed by atoms with van der Waals surface area (Å²) in [6, 6.07) is 3.97. The largest absolute Gasteiger partial charge is 0.481 e. The predicted molar refractivity (Wildman–Crippen MR) is 63.4 cm³/mol. The Labute approximate surface area is 91.1 Å². The van der Waals surface area contributed by atoms with E-state index in [1.54, 1.807) is 13.2 Å². The third kappa shape index (κ3) is 2.52. The van der Waals surface area contributed by atoms with Crippen molar-refractivity contribution in [3.63, 3.8) is 0 Å². The molecular formula is C11H19N3O. The molecule has 1 aromatic rings. The Hall–Kier alpha value is -1.45. The molecule has 0 atom stereocenters. The van der Waals surface area contributed by atoms with Gasteiger partial charge in [0.15, 0.2) is 5.82 Å². The number of nitrogen functional groups attached to an aromatic ring is 1. The van der Waals surface area contributed by atoms with E-state index in [2.05, 4.69) is 30.7 Å². The number of nitrogens with zero attached hydrogens (tertiary/aromatic N) is 2. The quantitative estimate of drug-likeness (QED) is 0.823. The van der Waals surface area contributed by atoms with Crippen LogP contribution in [0.2, 0.25) is 0 Å². The zero-order chi connectivity index (χ0) is 11.4. The first-order valence-electron chi connectivity index (χ1n) is 5.17. The zero-order valence-corrected chi connectivity index (χ0v) is 9.82. The van der Waals surface area contributed by atoms with Gasteiger partial charge in [-0.1, -0.05) is 0 Å². The number of ether oxygens (including phenoxy) is 1. The average molecular weight is 209 g/mol. The molecule has 0 unspecified atom stereocenters. The molecule has 4 heteroatoms. The third-order valence-corrected chi connectivity index (χ3v) is 2.32. The second kappa shape index (κ2) is 4.87. The summed E-state index contributed by atoms with van der Waals surface area (Å²) in [5, 5.41) is 0. The van der Waals surface area contributed by atoms with E-state index in [9.17, 15) is 0 Å². The molecule has 0 bridgehead atoms. The van der Waals surface area contributed by atoms with E-state index < -0.39 is 0 Å². The Morgan fingerprint density at radius 1 is 1.47 bits per heavy atom. The minimum absolute atomic E-state index is 0.372. The van der Waals surface area contributed by atoms with Gasteiger partial charge in [0.05, 0.1) is 12.8 Å². The first-order chi connectivity index (χ1) is 7.10. The molecule has 1 heterocycles. The van der Waals surface area contributed by atoms with Crippen LogP contribution in [0.3, 0.4) is 0 Å². The first-order valence-corrected chi connectivity index (χ1v) is 5.17. The molecule has 1 rings (SSSR count). The smallest absolute Gasteiger partial charge is 0.215 e. The molecule has 0 aliphatic carbocycles. The lowest BCUT2D eigenvalue weighted by atomic mass is 10.3. The molecule has 0 saturated carbocycles. The van der Waals surface area contributed by atoms with Gasteiger partial charge in [-0.05, 0) is 26.8 Å². The standard InChI is InChI=1S/C11H19N3O/c1-5-14(8(2)3)11-9(12)6-7-10(13-11)15-4/h6-8H,5,12H2,1-4H3. The number of anilines is 2. The van der Waals surface area contributed by atoms with Crippen LogP contribution in [0.4, 0.5) is 11.5 Å². The van der Waals surface area contributed by atoms with Gasteiger partial charge in [0.2, 0.25) is 5.88 Å². The molecule has 0 amide bonds. The van der Waals surface area contributed by atoms with Crippen molar-refractivity contribution < 1.29 is 4.74 Å². The Kier molecular flexibility index (Phi) is 3.77. The lowest BCUT2D eigenvalue weighted by Crippen LogP contribution is -2.31. The van der Waals surface area contributed by atoms with Crippen LogP contribution in [-0.4, -0.2) is 24.7 Å². The van der Waals surface area contributed by atoms with Crippen LogP contribution >= 0.6 is 0 Å². The van der Waals surface area contributed by atoms with Crippen LogP contribution in [0.1, 0.15) is 20.8 Å². The Balaban J connectivity index is 3.09. The van der Waals surface area contributed by atoms with Crippen molar-refractivity contribution in [3.8, 4) is 5.88 Å². The summed E-state index contributed by atoms with van der Waals surface area (Å²) >= 11 is 0. The minimum Gasteiger partial charge on any atom is -0.481 e. The summed E-state index contributed by atoms with van der Waals surface area (Å²) in [5.74, 6) is 1.39. The van der Waals surface area contributed by atoms with E-state index >= 15 is 0 Å². The summed E-state index contributed by atoms with van der Waals surface area (Å²) in [6.45, 7) is 7.19. The van der Waals surface area contributed by atoms with Gasteiger partial charge in [0.25, 0.3) is 0 Å². The molecule has 15 heavy (non-hydrogen) atoms. The van der Waals surface area contributed by atoms with E-state index in [0.717, 1.165) is 12.4 Å². The van der Waals surface area contributed by atoms with Gasteiger partial charge in [-0.2, -0.15) is 4.98 Å². The number of aromatic nitrogens is 1. The molecular weight excluding hydrogens is 190 g/mol. The van der Waals surface area contributed by atoms with Gasteiger partial charge >= 0.3 is 0 Å². The fraction of sp³-hybridized carbons (Fsp3) is 0.545. The predicted octanol–water partition coefficient (Wildman–Crippen LogP) is 1.91. The summed E-state index contributed by atoms with van der Waals surface area (Å²) in [6.07, 6.45) is 0. The molecule has 0 aliphatic rings. The van der Waals surface area contributed by atoms with Crippen molar-refractivity contribution in [2.45, 2.75) is 26.8 Å². The molecule has 0 aromatic carbocycles. The summed E-state index contributed by atoms with van der Waals surface area (Å²) in [5.41, 5.74) is 6.59. The number of hydrogen-bond acceptors (Lipinski definition) is 4. The summed E-state index contributed by atoms with van der Waals surface area (Å²) < 4.78 is 5.09. The van der Waals surface area contributed by atoms with E-state index in [4.69, 9.17) is 10.5 Å². The Morgan fingerprint density at radius 3 is 2.60 bits per heavy atom. The van der Waals surface area contributed by atoms with Crippen molar-refractivity contribution in [1.29, 1.82) is 0 Å². The van der Waals surface area contributed by atoms with Crippen molar-refractivity contribution in [1.82, 2.24) is 4.98 Å². The highest BCUT2D eigenvalue weighted by atomic mass is 16.5. The highest BCUT2D eigenvalue weighted by Crippen LogP contribution is 2.24. The molecule has 0 spiro atoms. The van der Waals surface area contributed by atoms with Gasteiger partial charge in [-0.15, -0.1) is 0 Å². The van der Waals surface area contributed by atoms with Crippen LogP contribution < -0.4 is 15.4 Å². The fourth-order valence-corrected chi connectivity index (χ4v) is 1.55. The number of methoxy groups -OCH3 is 1. The highest BCUT2D eigenvalue weighted by Gasteiger charge is 2.13. The van der Waals surface area contributed by atoms with Gasteiger partial charge in [-0.3, -0.25) is 0 Å². The molecule has 1 aromatic heterocycles. The zero-order valence-electron chi connectivity index (χ0n) is 9.82. The maximum Gasteiger partial charge on any atom is 0.215 e. The maximum absolute atomic E-state index is 5.90. The van der Waals surface area contributed by atoms with E-state index in [1.165, 1.54) is 0 Å². The number of hydrogen-bond donors (Lipinski definition) is 1. The monoisotopic (exact) mass is 209 g/mol.